The molecule has 3 rings (SSSR count). The number of nitrogens with one attached hydrogen (secondary N) is 2. The lowest BCUT2D eigenvalue weighted by molar-refractivity contribution is -0.114. The number of aryl methyl sites for hydroxylation is 2. The largest absolute Gasteiger partial charge is 0.326 e. The van der Waals surface area contributed by atoms with Gasteiger partial charge >= 0.3 is 0 Å². The van der Waals surface area contributed by atoms with Gasteiger partial charge in [0, 0.05) is 18.3 Å². The van der Waals surface area contributed by atoms with Crippen LogP contribution in [0.1, 0.15) is 31.9 Å². The van der Waals surface area contributed by atoms with Gasteiger partial charge in [-0.25, -0.2) is 0 Å². The van der Waals surface area contributed by atoms with Crippen molar-refractivity contribution in [2.24, 2.45) is 0 Å². The number of amides is 2. The van der Waals surface area contributed by atoms with Gasteiger partial charge in [-0.05, 0) is 42.2 Å². The molecule has 3 aromatic rings. The lowest BCUT2D eigenvalue weighted by atomic mass is 10.0. The molecule has 0 bridgehead atoms. The van der Waals surface area contributed by atoms with E-state index in [1.54, 1.807) is 10.9 Å². The summed E-state index contributed by atoms with van der Waals surface area (Å²) in [6.07, 6.45) is 3.31. The van der Waals surface area contributed by atoms with Gasteiger partial charge in [0.25, 0.3) is 0 Å². The molecular formula is C22H25N5O2S. The first-order chi connectivity index (χ1) is 14.5. The van der Waals surface area contributed by atoms with Crippen LogP contribution in [0, 0.1) is 0 Å². The number of hydrogen-bond acceptors (Lipinski definition) is 5. The van der Waals surface area contributed by atoms with Crippen molar-refractivity contribution in [3.8, 4) is 5.69 Å². The van der Waals surface area contributed by atoms with Gasteiger partial charge in [0.2, 0.25) is 11.8 Å². The molecule has 0 aliphatic heterocycles. The van der Waals surface area contributed by atoms with Crippen molar-refractivity contribution < 1.29 is 9.59 Å². The van der Waals surface area contributed by atoms with Crippen LogP contribution in [-0.2, 0) is 22.4 Å². The maximum Gasteiger partial charge on any atom is 0.234 e. The Morgan fingerprint density at radius 3 is 2.40 bits per heavy atom. The van der Waals surface area contributed by atoms with E-state index in [9.17, 15) is 9.59 Å². The summed E-state index contributed by atoms with van der Waals surface area (Å²) in [7, 11) is 0. The average Bonchev–Trinajstić information content (AvgIpc) is 3.21. The van der Waals surface area contributed by atoms with Crippen LogP contribution in [-0.4, -0.2) is 32.3 Å². The van der Waals surface area contributed by atoms with E-state index in [4.69, 9.17) is 0 Å². The van der Waals surface area contributed by atoms with Crippen LogP contribution in [0.3, 0.4) is 0 Å². The lowest BCUT2D eigenvalue weighted by Crippen LogP contribution is -2.17. The van der Waals surface area contributed by atoms with E-state index >= 15 is 0 Å². The molecule has 0 saturated heterocycles. The fourth-order valence-electron chi connectivity index (χ4n) is 3.15. The van der Waals surface area contributed by atoms with Crippen LogP contribution >= 0.6 is 11.8 Å². The number of para-hydroxylation sites is 1. The maximum absolute atomic E-state index is 12.6. The first-order valence-electron chi connectivity index (χ1n) is 9.83. The third kappa shape index (κ3) is 5.27. The minimum atomic E-state index is -0.138. The van der Waals surface area contributed by atoms with E-state index in [1.165, 1.54) is 18.7 Å². The van der Waals surface area contributed by atoms with Crippen molar-refractivity contribution in [3.63, 3.8) is 0 Å². The van der Waals surface area contributed by atoms with Crippen LogP contribution in [0.15, 0.2) is 53.9 Å². The highest BCUT2D eigenvalue weighted by Crippen LogP contribution is 2.25. The summed E-state index contributed by atoms with van der Waals surface area (Å²) in [4.78, 5) is 23.9. The fraction of sp³-hybridized carbons (Fsp3) is 0.273. The first-order valence-corrected chi connectivity index (χ1v) is 10.8. The van der Waals surface area contributed by atoms with Crippen LogP contribution in [0.4, 0.5) is 11.4 Å². The molecule has 8 heteroatoms. The Kier molecular flexibility index (Phi) is 7.24. The molecule has 1 heterocycles. The standard InChI is InChI=1S/C22H25N5O2S/c1-4-16-8-6-9-17(5-2)21(16)25-20(29)13-30-22-26-23-14-27(22)19-11-7-10-18(12-19)24-15(3)28/h6-12,14H,4-5,13H2,1-3H3,(H,24,28)(H,25,29). The van der Waals surface area contributed by atoms with Gasteiger partial charge < -0.3 is 10.6 Å². The first kappa shape index (κ1) is 21.6. The third-order valence-corrected chi connectivity index (χ3v) is 5.50. The Labute approximate surface area is 180 Å². The van der Waals surface area contributed by atoms with Crippen LogP contribution in [0.5, 0.6) is 0 Å². The Hall–Kier alpha value is -3.13. The van der Waals surface area contributed by atoms with Crippen molar-refractivity contribution in [2.75, 3.05) is 16.4 Å². The van der Waals surface area contributed by atoms with Crippen LogP contribution in [0.25, 0.3) is 5.69 Å². The predicted molar refractivity (Wildman–Crippen MR) is 120 cm³/mol. The van der Waals surface area contributed by atoms with Gasteiger partial charge in [-0.2, -0.15) is 0 Å². The van der Waals surface area contributed by atoms with E-state index in [2.05, 4.69) is 34.7 Å². The summed E-state index contributed by atoms with van der Waals surface area (Å²) in [5.41, 5.74) is 4.67. The molecule has 156 valence electrons. The molecule has 0 unspecified atom stereocenters. The Bertz CT molecular complexity index is 1030. The van der Waals surface area contributed by atoms with Gasteiger partial charge in [-0.1, -0.05) is 49.9 Å². The van der Waals surface area contributed by atoms with Crippen molar-refractivity contribution in [1.82, 2.24) is 14.8 Å². The number of aromatic nitrogens is 3. The summed E-state index contributed by atoms with van der Waals surface area (Å²) in [5, 5.41) is 14.5. The topological polar surface area (TPSA) is 88.9 Å². The molecule has 2 aromatic carbocycles. The van der Waals surface area contributed by atoms with Gasteiger partial charge in [0.1, 0.15) is 6.33 Å². The SMILES string of the molecule is CCc1cccc(CC)c1NC(=O)CSc1nncn1-c1cccc(NC(C)=O)c1. The number of carbonyl (C=O) groups is 2. The van der Waals surface area contributed by atoms with Crippen molar-refractivity contribution >= 4 is 35.0 Å². The Morgan fingerprint density at radius 1 is 1.03 bits per heavy atom. The molecule has 0 spiro atoms. The zero-order valence-corrected chi connectivity index (χ0v) is 18.1. The fourth-order valence-corrected chi connectivity index (χ4v) is 3.87. The smallest absolute Gasteiger partial charge is 0.234 e. The number of anilines is 2. The molecule has 0 aliphatic carbocycles. The molecular weight excluding hydrogens is 398 g/mol. The quantitative estimate of drug-likeness (QED) is 0.533. The van der Waals surface area contributed by atoms with Crippen molar-refractivity contribution in [3.05, 3.63) is 59.9 Å². The van der Waals surface area contributed by atoms with Gasteiger partial charge in [0.15, 0.2) is 5.16 Å². The monoisotopic (exact) mass is 423 g/mol. The summed E-state index contributed by atoms with van der Waals surface area (Å²) in [5.74, 6) is -0.0104. The maximum atomic E-state index is 12.6. The number of hydrogen-bond donors (Lipinski definition) is 2. The van der Waals surface area contributed by atoms with E-state index in [0.29, 0.717) is 10.8 Å². The zero-order chi connectivity index (χ0) is 21.5. The molecule has 7 nitrogen and oxygen atoms in total. The predicted octanol–water partition coefficient (Wildman–Crippen LogP) is 4.08. The molecule has 0 fully saturated rings. The van der Waals surface area contributed by atoms with Crippen LogP contribution < -0.4 is 10.6 Å². The van der Waals surface area contributed by atoms with E-state index in [1.807, 2.05) is 42.5 Å². The molecule has 30 heavy (non-hydrogen) atoms. The highest BCUT2D eigenvalue weighted by molar-refractivity contribution is 7.99. The minimum absolute atomic E-state index is 0.0860. The van der Waals surface area contributed by atoms with Crippen molar-refractivity contribution in [1.29, 1.82) is 0 Å². The Morgan fingerprint density at radius 2 is 1.73 bits per heavy atom. The summed E-state index contributed by atoms with van der Waals surface area (Å²) in [6, 6.07) is 13.5. The zero-order valence-electron chi connectivity index (χ0n) is 17.3. The highest BCUT2D eigenvalue weighted by atomic mass is 32.2. The Balaban J connectivity index is 1.71. The number of thioether (sulfide) groups is 1. The number of carbonyl (C=O) groups excluding carboxylic acids is 2. The van der Waals surface area contributed by atoms with Crippen LogP contribution in [0.2, 0.25) is 0 Å². The summed E-state index contributed by atoms with van der Waals surface area (Å²) >= 11 is 1.31. The second-order valence-corrected chi connectivity index (χ2v) is 7.65. The van der Waals surface area contributed by atoms with Gasteiger partial charge in [0.05, 0.1) is 11.4 Å². The molecule has 0 radical (unpaired) electrons. The van der Waals surface area contributed by atoms with Gasteiger partial charge in [-0.15, -0.1) is 10.2 Å². The molecule has 2 amide bonds. The highest BCUT2D eigenvalue weighted by Gasteiger charge is 2.13. The molecule has 0 atom stereocenters. The molecule has 0 aliphatic rings. The second kappa shape index (κ2) is 10.1. The summed E-state index contributed by atoms with van der Waals surface area (Å²) in [6.45, 7) is 5.62. The average molecular weight is 424 g/mol. The van der Waals surface area contributed by atoms with E-state index in [-0.39, 0.29) is 17.6 Å². The van der Waals surface area contributed by atoms with Gasteiger partial charge in [-0.3, -0.25) is 14.2 Å². The second-order valence-electron chi connectivity index (χ2n) is 6.71. The van der Waals surface area contributed by atoms with Crippen molar-refractivity contribution in [2.45, 2.75) is 38.8 Å². The van der Waals surface area contributed by atoms with E-state index in [0.717, 1.165) is 35.3 Å². The number of nitrogens with zero attached hydrogens (tertiary/aromatic N) is 3. The molecule has 2 N–H and O–H groups in total. The number of rotatable bonds is 8. The third-order valence-electron chi connectivity index (χ3n) is 4.56. The molecule has 0 saturated carbocycles. The molecule has 1 aromatic heterocycles. The number of benzene rings is 2. The minimum Gasteiger partial charge on any atom is -0.326 e. The summed E-state index contributed by atoms with van der Waals surface area (Å²) < 4.78 is 1.79. The normalized spacial score (nSPS) is 10.6. The lowest BCUT2D eigenvalue weighted by Gasteiger charge is -2.14. The van der Waals surface area contributed by atoms with E-state index < -0.39 is 0 Å².